The molecule has 1 unspecified atom stereocenters. The Morgan fingerprint density at radius 2 is 2.07 bits per heavy atom. The molecule has 1 heterocycles. The summed E-state index contributed by atoms with van der Waals surface area (Å²) < 4.78 is 0. The number of nitrogens with zero attached hydrogens (tertiary/aromatic N) is 1. The first-order valence-electron chi connectivity index (χ1n) is 5.07. The molecule has 0 fully saturated rings. The summed E-state index contributed by atoms with van der Waals surface area (Å²) in [5, 5.41) is 0. The molecule has 0 saturated carbocycles. The van der Waals surface area contributed by atoms with Crippen molar-refractivity contribution in [2.75, 3.05) is 0 Å². The van der Waals surface area contributed by atoms with Gasteiger partial charge in [-0.25, -0.2) is 4.98 Å². The highest BCUT2D eigenvalue weighted by Crippen LogP contribution is 2.13. The molecule has 1 atom stereocenters. The van der Waals surface area contributed by atoms with E-state index in [4.69, 9.17) is 5.73 Å². The average molecular weight is 201 g/mol. The number of imidazole rings is 1. The minimum absolute atomic E-state index is 0.0109. The van der Waals surface area contributed by atoms with E-state index in [1.54, 1.807) is 0 Å². The molecule has 1 aromatic heterocycles. The van der Waals surface area contributed by atoms with Crippen molar-refractivity contribution in [3.63, 3.8) is 0 Å². The van der Waals surface area contributed by atoms with Crippen LogP contribution < -0.4 is 5.73 Å². The van der Waals surface area contributed by atoms with Crippen molar-refractivity contribution < 1.29 is 0 Å². The summed E-state index contributed by atoms with van der Waals surface area (Å²) in [4.78, 5) is 7.46. The quantitative estimate of drug-likeness (QED) is 0.797. The third-order valence-corrected chi connectivity index (χ3v) is 2.40. The van der Waals surface area contributed by atoms with Crippen LogP contribution in [0.2, 0.25) is 0 Å². The van der Waals surface area contributed by atoms with E-state index in [2.05, 4.69) is 9.97 Å². The molecule has 0 aliphatic carbocycles. The molecule has 0 radical (unpaired) electrons. The highest BCUT2D eigenvalue weighted by molar-refractivity contribution is 5.19. The molecule has 0 aliphatic heterocycles. The molecule has 0 amide bonds. The fraction of sp³-hybridized carbons (Fsp3) is 0.250. The van der Waals surface area contributed by atoms with Crippen molar-refractivity contribution in [1.29, 1.82) is 0 Å². The van der Waals surface area contributed by atoms with E-state index in [1.165, 1.54) is 0 Å². The number of aromatic amines is 1. The molecule has 0 bridgehead atoms. The Morgan fingerprint density at radius 1 is 1.33 bits per heavy atom. The van der Waals surface area contributed by atoms with Crippen LogP contribution in [0.15, 0.2) is 36.5 Å². The number of benzene rings is 1. The van der Waals surface area contributed by atoms with E-state index < -0.39 is 0 Å². The third kappa shape index (κ3) is 2.44. The molecule has 1 aromatic carbocycles. The lowest BCUT2D eigenvalue weighted by molar-refractivity contribution is 0.694. The van der Waals surface area contributed by atoms with Gasteiger partial charge in [0.15, 0.2) is 0 Å². The van der Waals surface area contributed by atoms with Crippen LogP contribution in [0, 0.1) is 6.92 Å². The van der Waals surface area contributed by atoms with Crippen molar-refractivity contribution >= 4 is 0 Å². The van der Waals surface area contributed by atoms with Crippen LogP contribution >= 0.6 is 0 Å². The fourth-order valence-corrected chi connectivity index (χ4v) is 1.60. The summed E-state index contributed by atoms with van der Waals surface area (Å²) in [6.45, 7) is 1.97. The molecule has 0 saturated heterocycles. The Labute approximate surface area is 89.4 Å². The molecule has 15 heavy (non-hydrogen) atoms. The first kappa shape index (κ1) is 9.93. The Kier molecular flexibility index (Phi) is 2.83. The highest BCUT2D eigenvalue weighted by atomic mass is 14.9. The molecule has 78 valence electrons. The monoisotopic (exact) mass is 201 g/mol. The number of H-pyrrole nitrogens is 1. The minimum atomic E-state index is 0.0109. The van der Waals surface area contributed by atoms with E-state index in [1.807, 2.05) is 43.5 Å². The van der Waals surface area contributed by atoms with Crippen molar-refractivity contribution in [3.8, 4) is 0 Å². The summed E-state index contributed by atoms with van der Waals surface area (Å²) in [6.07, 6.45) is 2.64. The second-order valence-electron chi connectivity index (χ2n) is 3.71. The molecule has 0 spiro atoms. The predicted molar refractivity (Wildman–Crippen MR) is 60.4 cm³/mol. The van der Waals surface area contributed by atoms with Gasteiger partial charge in [-0.3, -0.25) is 0 Å². The Balaban J connectivity index is 2.07. The first-order chi connectivity index (χ1) is 7.25. The summed E-state index contributed by atoms with van der Waals surface area (Å²) in [7, 11) is 0. The largest absolute Gasteiger partial charge is 0.348 e. The van der Waals surface area contributed by atoms with Gasteiger partial charge in [-0.1, -0.05) is 30.3 Å². The van der Waals surface area contributed by atoms with Crippen LogP contribution in [-0.4, -0.2) is 9.97 Å². The third-order valence-electron chi connectivity index (χ3n) is 2.40. The Morgan fingerprint density at radius 3 is 2.67 bits per heavy atom. The smallest absolute Gasteiger partial charge is 0.108 e. The number of aromatic nitrogens is 2. The minimum Gasteiger partial charge on any atom is -0.348 e. The van der Waals surface area contributed by atoms with Gasteiger partial charge in [-0.2, -0.15) is 0 Å². The van der Waals surface area contributed by atoms with Gasteiger partial charge in [0.25, 0.3) is 0 Å². The lowest BCUT2D eigenvalue weighted by Crippen LogP contribution is -2.13. The van der Waals surface area contributed by atoms with Gasteiger partial charge in [0.1, 0.15) is 5.82 Å². The van der Waals surface area contributed by atoms with Gasteiger partial charge in [-0.05, 0) is 12.5 Å². The summed E-state index contributed by atoms with van der Waals surface area (Å²) in [5.74, 6) is 0.948. The standard InChI is InChI=1S/C12H15N3/c1-9-8-14-12(15-9)7-11(13)10-5-3-2-4-6-10/h2-6,8,11H,7,13H2,1H3,(H,14,15). The van der Waals surface area contributed by atoms with E-state index >= 15 is 0 Å². The Hall–Kier alpha value is -1.61. The van der Waals surface area contributed by atoms with Gasteiger partial charge in [0.2, 0.25) is 0 Å². The van der Waals surface area contributed by atoms with E-state index in [-0.39, 0.29) is 6.04 Å². The zero-order valence-electron chi connectivity index (χ0n) is 8.77. The van der Waals surface area contributed by atoms with E-state index in [0.717, 1.165) is 23.5 Å². The van der Waals surface area contributed by atoms with Crippen LogP contribution in [0.1, 0.15) is 23.1 Å². The predicted octanol–water partition coefficient (Wildman–Crippen LogP) is 1.96. The molecule has 3 nitrogen and oxygen atoms in total. The van der Waals surface area contributed by atoms with E-state index in [0.29, 0.717) is 0 Å². The molecule has 0 aliphatic rings. The van der Waals surface area contributed by atoms with Crippen molar-refractivity contribution in [3.05, 3.63) is 53.6 Å². The summed E-state index contributed by atoms with van der Waals surface area (Å²) in [5.41, 5.74) is 8.23. The number of aryl methyl sites for hydroxylation is 1. The normalized spacial score (nSPS) is 12.7. The molecular formula is C12H15N3. The van der Waals surface area contributed by atoms with Crippen LogP contribution in [0.3, 0.4) is 0 Å². The van der Waals surface area contributed by atoms with Gasteiger partial charge < -0.3 is 10.7 Å². The van der Waals surface area contributed by atoms with Gasteiger partial charge in [-0.15, -0.1) is 0 Å². The maximum absolute atomic E-state index is 6.08. The molecule has 2 aromatic rings. The zero-order chi connectivity index (χ0) is 10.7. The zero-order valence-corrected chi connectivity index (χ0v) is 8.77. The second-order valence-corrected chi connectivity index (χ2v) is 3.71. The topological polar surface area (TPSA) is 54.7 Å². The molecule has 3 heteroatoms. The van der Waals surface area contributed by atoms with Gasteiger partial charge >= 0.3 is 0 Å². The maximum atomic E-state index is 6.08. The van der Waals surface area contributed by atoms with Crippen molar-refractivity contribution in [1.82, 2.24) is 9.97 Å². The average Bonchev–Trinajstić information content (AvgIpc) is 2.65. The number of nitrogens with two attached hydrogens (primary N) is 1. The molecule has 2 rings (SSSR count). The van der Waals surface area contributed by atoms with Crippen LogP contribution in [0.5, 0.6) is 0 Å². The van der Waals surface area contributed by atoms with Crippen LogP contribution in [0.25, 0.3) is 0 Å². The van der Waals surface area contributed by atoms with Crippen molar-refractivity contribution in [2.24, 2.45) is 5.73 Å². The fourth-order valence-electron chi connectivity index (χ4n) is 1.60. The summed E-state index contributed by atoms with van der Waals surface area (Å²) >= 11 is 0. The van der Waals surface area contributed by atoms with Gasteiger partial charge in [0, 0.05) is 18.7 Å². The molecular weight excluding hydrogens is 186 g/mol. The van der Waals surface area contributed by atoms with Crippen molar-refractivity contribution in [2.45, 2.75) is 19.4 Å². The van der Waals surface area contributed by atoms with E-state index in [9.17, 15) is 0 Å². The number of rotatable bonds is 3. The first-order valence-corrected chi connectivity index (χ1v) is 5.07. The molecule has 3 N–H and O–H groups in total. The van der Waals surface area contributed by atoms with Crippen LogP contribution in [0.4, 0.5) is 0 Å². The lowest BCUT2D eigenvalue weighted by Gasteiger charge is -2.09. The second kappa shape index (κ2) is 4.28. The number of hydrogen-bond acceptors (Lipinski definition) is 2. The van der Waals surface area contributed by atoms with Gasteiger partial charge in [0.05, 0.1) is 5.69 Å². The van der Waals surface area contributed by atoms with Crippen LogP contribution in [-0.2, 0) is 6.42 Å². The highest BCUT2D eigenvalue weighted by Gasteiger charge is 2.08. The SMILES string of the molecule is Cc1c[nH]c(CC(N)c2ccccc2)n1. The maximum Gasteiger partial charge on any atom is 0.108 e. The number of nitrogens with one attached hydrogen (secondary N) is 1. The lowest BCUT2D eigenvalue weighted by atomic mass is 10.0. The summed E-state index contributed by atoms with van der Waals surface area (Å²) in [6, 6.07) is 10.1. The number of hydrogen-bond donors (Lipinski definition) is 2. The Bertz CT molecular complexity index is 419.